The highest BCUT2D eigenvalue weighted by Gasteiger charge is 2.22. The summed E-state index contributed by atoms with van der Waals surface area (Å²) in [4.78, 5) is 20.4. The zero-order valence-electron chi connectivity index (χ0n) is 11.1. The van der Waals surface area contributed by atoms with Crippen molar-refractivity contribution in [3.05, 3.63) is 24.3 Å². The highest BCUT2D eigenvalue weighted by molar-refractivity contribution is 7.93. The van der Waals surface area contributed by atoms with Crippen molar-refractivity contribution < 1.29 is 27.2 Å². The van der Waals surface area contributed by atoms with E-state index in [0.29, 0.717) is 5.69 Å². The Hall–Kier alpha value is -1.25. The van der Waals surface area contributed by atoms with Gasteiger partial charge in [0.15, 0.2) is 0 Å². The molecule has 0 aromatic heterocycles. The summed E-state index contributed by atoms with van der Waals surface area (Å²) < 4.78 is 36.3. The second-order valence-electron chi connectivity index (χ2n) is 3.62. The van der Waals surface area contributed by atoms with Gasteiger partial charge in [0.2, 0.25) is 5.91 Å². The first kappa shape index (κ1) is 16.8. The van der Waals surface area contributed by atoms with E-state index in [1.54, 1.807) is 0 Å². The minimum atomic E-state index is -4.13. The predicted molar refractivity (Wildman–Crippen MR) is 73.5 cm³/mol. The van der Waals surface area contributed by atoms with Crippen LogP contribution in [0.25, 0.3) is 0 Å². The molecule has 0 radical (unpaired) electrons. The third kappa shape index (κ3) is 4.39. The van der Waals surface area contributed by atoms with Gasteiger partial charge in [0.25, 0.3) is 10.0 Å². The second kappa shape index (κ2) is 6.47. The zero-order valence-corrected chi connectivity index (χ0v) is 12.8. The topological polar surface area (TPSA) is 114 Å². The van der Waals surface area contributed by atoms with Gasteiger partial charge in [-0.05, 0) is 24.3 Å². The van der Waals surface area contributed by atoms with Crippen molar-refractivity contribution in [1.29, 1.82) is 0 Å². The van der Waals surface area contributed by atoms with Crippen molar-refractivity contribution in [3.8, 4) is 0 Å². The van der Waals surface area contributed by atoms with Crippen LogP contribution in [0.3, 0.4) is 0 Å². The zero-order chi connectivity index (χ0) is 15.4. The van der Waals surface area contributed by atoms with Crippen LogP contribution in [0.2, 0.25) is 0 Å². The molecule has 20 heavy (non-hydrogen) atoms. The van der Waals surface area contributed by atoms with Gasteiger partial charge in [0.1, 0.15) is 0 Å². The lowest BCUT2D eigenvalue weighted by molar-refractivity contribution is -0.114. The summed E-state index contributed by atoms with van der Waals surface area (Å²) in [5.74, 6) is -0.274. The summed E-state index contributed by atoms with van der Waals surface area (Å²) in [5, 5.41) is 2.50. The first-order chi connectivity index (χ1) is 9.22. The van der Waals surface area contributed by atoms with Gasteiger partial charge in [-0.2, -0.15) is 8.42 Å². The van der Waals surface area contributed by atoms with Crippen LogP contribution in [0, 0.1) is 0 Å². The van der Waals surface area contributed by atoms with Gasteiger partial charge in [-0.15, -0.1) is 0 Å². The fourth-order valence-corrected chi connectivity index (χ4v) is 3.86. The molecule has 1 rings (SSSR count). The van der Waals surface area contributed by atoms with Gasteiger partial charge in [0.05, 0.1) is 4.90 Å². The standard InChI is InChI=1S/C10H15N2O6PS/c1-8(13)11-9-4-6-10(7-5-9)20(15,16)12-19(14,17-2)18-3/h4-7,14H,1-3H3,(H,11,13). The summed E-state index contributed by atoms with van der Waals surface area (Å²) in [6, 6.07) is 5.31. The van der Waals surface area contributed by atoms with Crippen LogP contribution in [0.4, 0.5) is 5.69 Å². The molecule has 1 aromatic rings. The molecule has 10 heteroatoms. The first-order valence-electron chi connectivity index (χ1n) is 5.33. The number of hydrogen-bond donors (Lipinski definition) is 2. The van der Waals surface area contributed by atoms with E-state index in [1.807, 2.05) is 0 Å². The number of hydrogen-bond acceptors (Lipinski definition) is 5. The number of benzene rings is 1. The maximum atomic E-state index is 12.0. The average molecular weight is 322 g/mol. The van der Waals surface area contributed by atoms with Crippen LogP contribution in [0.1, 0.15) is 6.92 Å². The molecule has 0 spiro atoms. The van der Waals surface area contributed by atoms with Crippen molar-refractivity contribution in [2.75, 3.05) is 19.5 Å². The second-order valence-corrected chi connectivity index (χ2v) is 7.40. The number of nitrogens with one attached hydrogen (secondary N) is 1. The number of carbonyl (C=O) groups is 1. The van der Waals surface area contributed by atoms with E-state index in [4.69, 9.17) is 0 Å². The van der Waals surface area contributed by atoms with Crippen LogP contribution in [-0.4, -0.2) is 33.4 Å². The fraction of sp³-hybridized carbons (Fsp3) is 0.300. The van der Waals surface area contributed by atoms with Gasteiger partial charge in [0, 0.05) is 26.8 Å². The number of amides is 1. The Bertz CT molecular complexity index is 632. The monoisotopic (exact) mass is 322 g/mol. The fourth-order valence-electron chi connectivity index (χ4n) is 1.24. The van der Waals surface area contributed by atoms with Gasteiger partial charge >= 0.3 is 7.74 Å². The molecule has 1 amide bonds. The molecule has 0 aliphatic rings. The Morgan fingerprint density at radius 1 is 1.25 bits per heavy atom. The Kier molecular flexibility index (Phi) is 5.43. The number of sulfonamides is 1. The lowest BCUT2D eigenvalue weighted by atomic mass is 10.3. The third-order valence-electron chi connectivity index (χ3n) is 2.16. The largest absolute Gasteiger partial charge is 0.368 e. The summed E-state index contributed by atoms with van der Waals surface area (Å²) in [5.41, 5.74) is 0.444. The Morgan fingerprint density at radius 2 is 1.75 bits per heavy atom. The number of nitrogens with zero attached hydrogens (tertiary/aromatic N) is 1. The van der Waals surface area contributed by atoms with E-state index in [2.05, 4.69) is 18.5 Å². The van der Waals surface area contributed by atoms with Gasteiger partial charge in [-0.1, -0.05) is 4.15 Å². The summed E-state index contributed by atoms with van der Waals surface area (Å²) in [6.07, 6.45) is 0. The van der Waals surface area contributed by atoms with Gasteiger partial charge in [-0.3, -0.25) is 4.79 Å². The molecule has 0 saturated heterocycles. The maximum Gasteiger partial charge on any atom is 0.368 e. The first-order valence-corrected chi connectivity index (χ1v) is 8.30. The molecule has 2 N–H and O–H groups in total. The summed E-state index contributed by atoms with van der Waals surface area (Å²) in [6.45, 7) is 1.34. The van der Waals surface area contributed by atoms with Crippen molar-refractivity contribution in [2.24, 2.45) is 4.15 Å². The normalized spacial score (nSPS) is 12.0. The molecule has 0 unspecified atom stereocenters. The number of carbonyl (C=O) groups excluding carboxylic acids is 1. The molecule has 0 aliphatic heterocycles. The molecule has 0 fully saturated rings. The van der Waals surface area contributed by atoms with E-state index in [9.17, 15) is 18.1 Å². The molecule has 0 saturated carbocycles. The van der Waals surface area contributed by atoms with Crippen molar-refractivity contribution in [3.63, 3.8) is 0 Å². The Morgan fingerprint density at radius 3 is 2.15 bits per heavy atom. The quantitative estimate of drug-likeness (QED) is 0.795. The summed E-state index contributed by atoms with van der Waals surface area (Å²) >= 11 is 0. The van der Waals surface area contributed by atoms with E-state index >= 15 is 0 Å². The van der Waals surface area contributed by atoms with E-state index in [0.717, 1.165) is 14.2 Å². The smallest absolute Gasteiger partial charge is 0.326 e. The van der Waals surface area contributed by atoms with Crippen molar-refractivity contribution in [2.45, 2.75) is 11.8 Å². The van der Waals surface area contributed by atoms with Crippen LogP contribution in [0.15, 0.2) is 33.3 Å². The molecule has 0 atom stereocenters. The van der Waals surface area contributed by atoms with E-state index < -0.39 is 17.8 Å². The molecule has 8 nitrogen and oxygen atoms in total. The van der Waals surface area contributed by atoms with Gasteiger partial charge in [-0.25, -0.2) is 0 Å². The molecule has 0 aliphatic carbocycles. The number of rotatable bonds is 5. The molecule has 1 aromatic carbocycles. The van der Waals surface area contributed by atoms with E-state index in [-0.39, 0.29) is 10.8 Å². The molecule has 0 bridgehead atoms. The van der Waals surface area contributed by atoms with Crippen LogP contribution < -0.4 is 5.32 Å². The third-order valence-corrected chi connectivity index (χ3v) is 5.66. The van der Waals surface area contributed by atoms with Crippen molar-refractivity contribution >= 4 is 29.4 Å². The minimum Gasteiger partial charge on any atom is -0.326 e. The van der Waals surface area contributed by atoms with Crippen LogP contribution in [-0.2, 0) is 23.9 Å². The SMILES string of the molecule is COP(O)(=NS(=O)(=O)c1ccc(NC(C)=O)cc1)OC. The molecular weight excluding hydrogens is 307 g/mol. The highest BCUT2D eigenvalue weighted by Crippen LogP contribution is 2.47. The Labute approximate surface area is 117 Å². The van der Waals surface area contributed by atoms with Crippen LogP contribution in [0.5, 0.6) is 0 Å². The summed E-state index contributed by atoms with van der Waals surface area (Å²) in [7, 11) is -5.72. The van der Waals surface area contributed by atoms with Gasteiger partial charge < -0.3 is 19.3 Å². The average Bonchev–Trinajstić information content (AvgIpc) is 2.38. The highest BCUT2D eigenvalue weighted by atomic mass is 32.2. The Balaban J connectivity index is 3.14. The lowest BCUT2D eigenvalue weighted by Gasteiger charge is -2.12. The maximum absolute atomic E-state index is 12.0. The number of anilines is 1. The predicted octanol–water partition coefficient (Wildman–Crippen LogP) is 1.56. The minimum absolute atomic E-state index is 0.154. The molecular formula is C10H15N2O6PS. The lowest BCUT2D eigenvalue weighted by Crippen LogP contribution is -2.06. The van der Waals surface area contributed by atoms with E-state index in [1.165, 1.54) is 31.2 Å². The molecule has 112 valence electrons. The van der Waals surface area contributed by atoms with Crippen molar-refractivity contribution in [1.82, 2.24) is 0 Å². The van der Waals surface area contributed by atoms with Crippen LogP contribution >= 0.6 is 7.74 Å². The molecule has 0 heterocycles.